The Kier molecular flexibility index (Phi) is 7.80. The van der Waals surface area contributed by atoms with Crippen LogP contribution in [0.15, 0.2) is 12.1 Å². The predicted octanol–water partition coefficient (Wildman–Crippen LogP) is 2.83. The summed E-state index contributed by atoms with van der Waals surface area (Å²) >= 11 is 2.09. The average Bonchev–Trinajstić information content (AvgIpc) is 2.90. The molecule has 0 spiro atoms. The molecule has 0 radical (unpaired) electrons. The van der Waals surface area contributed by atoms with Gasteiger partial charge in [-0.2, -0.15) is 0 Å². The van der Waals surface area contributed by atoms with E-state index in [2.05, 4.69) is 27.9 Å². The van der Waals surface area contributed by atoms with E-state index in [-0.39, 0.29) is 11.8 Å². The van der Waals surface area contributed by atoms with E-state index in [0.717, 1.165) is 29.5 Å². The number of nitrogens with one attached hydrogen (secondary N) is 1. The summed E-state index contributed by atoms with van der Waals surface area (Å²) in [6, 6.07) is 3.42. The molecule has 1 fully saturated rings. The van der Waals surface area contributed by atoms with Crippen LogP contribution in [-0.4, -0.2) is 50.6 Å². The lowest BCUT2D eigenvalue weighted by atomic mass is 10.2. The van der Waals surface area contributed by atoms with Crippen molar-refractivity contribution in [1.82, 2.24) is 10.2 Å². The predicted molar refractivity (Wildman–Crippen MR) is 104 cm³/mol. The lowest BCUT2D eigenvalue weighted by Gasteiger charge is -2.20. The average molecular weight is 460 g/mol. The summed E-state index contributed by atoms with van der Waals surface area (Å²) in [4.78, 5) is 26.6. The molecule has 1 heterocycles. The number of methoxy groups -OCH3 is 2. The van der Waals surface area contributed by atoms with E-state index in [1.165, 1.54) is 20.0 Å². The standard InChI is InChI=1S/C18H25IN2O4/c1-24-15-11-13(14(19)12-16(15)25-2)18(23)20-8-7-17(22)21-9-5-3-4-6-10-21/h11-12H,3-10H2,1-2H3,(H,20,23). The van der Waals surface area contributed by atoms with Crippen LogP contribution in [-0.2, 0) is 4.79 Å². The number of likely N-dealkylation sites (tertiary alicyclic amines) is 1. The lowest BCUT2D eigenvalue weighted by molar-refractivity contribution is -0.131. The molecule has 0 aliphatic carbocycles. The van der Waals surface area contributed by atoms with E-state index in [4.69, 9.17) is 9.47 Å². The van der Waals surface area contributed by atoms with Crippen molar-refractivity contribution in [1.29, 1.82) is 0 Å². The Morgan fingerprint density at radius 1 is 1.08 bits per heavy atom. The third-order valence-corrected chi connectivity index (χ3v) is 5.19. The molecule has 1 aromatic rings. The highest BCUT2D eigenvalue weighted by Crippen LogP contribution is 2.31. The third-order valence-electron chi connectivity index (χ3n) is 4.30. The summed E-state index contributed by atoms with van der Waals surface area (Å²) in [6.45, 7) is 2.00. The second kappa shape index (κ2) is 9.84. The lowest BCUT2D eigenvalue weighted by Crippen LogP contribution is -2.35. The van der Waals surface area contributed by atoms with E-state index in [0.29, 0.717) is 30.0 Å². The summed E-state index contributed by atoms with van der Waals surface area (Å²) in [5.74, 6) is 0.992. The maximum Gasteiger partial charge on any atom is 0.252 e. The smallest absolute Gasteiger partial charge is 0.252 e. The van der Waals surface area contributed by atoms with Crippen LogP contribution in [0.3, 0.4) is 0 Å². The first kappa shape index (κ1) is 19.8. The fraction of sp³-hybridized carbons (Fsp3) is 0.556. The van der Waals surface area contributed by atoms with Crippen LogP contribution < -0.4 is 14.8 Å². The zero-order valence-corrected chi connectivity index (χ0v) is 16.9. The Balaban J connectivity index is 1.90. The Labute approximate surface area is 162 Å². The summed E-state index contributed by atoms with van der Waals surface area (Å²) in [6.07, 6.45) is 4.86. The van der Waals surface area contributed by atoms with Gasteiger partial charge in [0.15, 0.2) is 11.5 Å². The van der Waals surface area contributed by atoms with E-state index in [1.54, 1.807) is 19.2 Å². The fourth-order valence-corrected chi connectivity index (χ4v) is 3.57. The molecule has 138 valence electrons. The largest absolute Gasteiger partial charge is 0.493 e. The van der Waals surface area contributed by atoms with Gasteiger partial charge in [0.05, 0.1) is 19.8 Å². The normalized spacial score (nSPS) is 14.6. The van der Waals surface area contributed by atoms with Crippen LogP contribution in [0.4, 0.5) is 0 Å². The van der Waals surface area contributed by atoms with Crippen molar-refractivity contribution in [2.24, 2.45) is 0 Å². The van der Waals surface area contributed by atoms with Gasteiger partial charge in [0.1, 0.15) is 0 Å². The van der Waals surface area contributed by atoms with E-state index in [9.17, 15) is 9.59 Å². The molecule has 0 bridgehead atoms. The van der Waals surface area contributed by atoms with Gasteiger partial charge in [-0.3, -0.25) is 9.59 Å². The summed E-state index contributed by atoms with van der Waals surface area (Å²) in [5.41, 5.74) is 0.514. The van der Waals surface area contributed by atoms with Gasteiger partial charge in [-0.1, -0.05) is 12.8 Å². The van der Waals surface area contributed by atoms with Crippen molar-refractivity contribution < 1.29 is 19.1 Å². The summed E-state index contributed by atoms with van der Waals surface area (Å²) in [7, 11) is 3.09. The minimum atomic E-state index is -0.214. The minimum absolute atomic E-state index is 0.115. The highest BCUT2D eigenvalue weighted by molar-refractivity contribution is 14.1. The van der Waals surface area contributed by atoms with E-state index in [1.807, 2.05) is 4.90 Å². The van der Waals surface area contributed by atoms with Crippen LogP contribution in [0.2, 0.25) is 0 Å². The molecule has 0 unspecified atom stereocenters. The molecule has 1 aliphatic heterocycles. The third kappa shape index (κ3) is 5.49. The molecule has 1 aromatic carbocycles. The number of rotatable bonds is 6. The molecule has 1 N–H and O–H groups in total. The van der Waals surface area contributed by atoms with Crippen LogP contribution in [0.1, 0.15) is 42.5 Å². The Hall–Kier alpha value is -1.51. The first-order valence-corrected chi connectivity index (χ1v) is 9.62. The Bertz CT molecular complexity index is 613. The van der Waals surface area contributed by atoms with Gasteiger partial charge in [-0.05, 0) is 47.6 Å². The monoisotopic (exact) mass is 460 g/mol. The first-order chi connectivity index (χ1) is 12.1. The van der Waals surface area contributed by atoms with Gasteiger partial charge < -0.3 is 19.7 Å². The molecule has 7 heteroatoms. The van der Waals surface area contributed by atoms with E-state index < -0.39 is 0 Å². The van der Waals surface area contributed by atoms with Crippen LogP contribution >= 0.6 is 22.6 Å². The van der Waals surface area contributed by atoms with Crippen molar-refractivity contribution in [2.75, 3.05) is 33.9 Å². The zero-order valence-electron chi connectivity index (χ0n) is 14.8. The number of carbonyl (C=O) groups excluding carboxylic acids is 2. The van der Waals surface area contributed by atoms with Gasteiger partial charge in [-0.25, -0.2) is 0 Å². The van der Waals surface area contributed by atoms with Gasteiger partial charge in [-0.15, -0.1) is 0 Å². The molecule has 0 saturated carbocycles. The molecule has 1 saturated heterocycles. The van der Waals surface area contributed by atoms with Crippen molar-refractivity contribution in [2.45, 2.75) is 32.1 Å². The fourth-order valence-electron chi connectivity index (χ4n) is 2.88. The topological polar surface area (TPSA) is 67.9 Å². The SMILES string of the molecule is COc1cc(I)c(C(=O)NCCC(=O)N2CCCCCC2)cc1OC. The number of carbonyl (C=O) groups is 2. The molecule has 6 nitrogen and oxygen atoms in total. The first-order valence-electron chi connectivity index (χ1n) is 8.54. The molecule has 2 amide bonds. The molecule has 2 rings (SSSR count). The van der Waals surface area contributed by atoms with Crippen LogP contribution in [0.5, 0.6) is 11.5 Å². The maximum atomic E-state index is 12.4. The number of benzene rings is 1. The number of amides is 2. The quantitative estimate of drug-likeness (QED) is 0.664. The second-order valence-corrected chi connectivity index (χ2v) is 7.15. The van der Waals surface area contributed by atoms with Crippen molar-refractivity contribution in [3.05, 3.63) is 21.3 Å². The van der Waals surface area contributed by atoms with Crippen molar-refractivity contribution in [3.8, 4) is 11.5 Å². The van der Waals surface area contributed by atoms with Crippen LogP contribution in [0, 0.1) is 3.57 Å². The van der Waals surface area contributed by atoms with E-state index >= 15 is 0 Å². The highest BCUT2D eigenvalue weighted by atomic mass is 127. The summed E-state index contributed by atoms with van der Waals surface area (Å²) in [5, 5.41) is 2.83. The molecule has 1 aliphatic rings. The van der Waals surface area contributed by atoms with Crippen molar-refractivity contribution in [3.63, 3.8) is 0 Å². The second-order valence-electron chi connectivity index (χ2n) is 5.99. The molecular weight excluding hydrogens is 435 g/mol. The minimum Gasteiger partial charge on any atom is -0.493 e. The molecule has 0 aromatic heterocycles. The zero-order chi connectivity index (χ0) is 18.2. The number of nitrogens with zero attached hydrogens (tertiary/aromatic N) is 1. The molecule has 0 atom stereocenters. The molecular formula is C18H25IN2O4. The Morgan fingerprint density at radius 3 is 2.28 bits per heavy atom. The van der Waals surface area contributed by atoms with Gasteiger partial charge in [0, 0.05) is 29.6 Å². The highest BCUT2D eigenvalue weighted by Gasteiger charge is 2.18. The van der Waals surface area contributed by atoms with Gasteiger partial charge in [0.25, 0.3) is 5.91 Å². The van der Waals surface area contributed by atoms with Crippen LogP contribution in [0.25, 0.3) is 0 Å². The van der Waals surface area contributed by atoms with Crippen molar-refractivity contribution >= 4 is 34.4 Å². The number of hydrogen-bond donors (Lipinski definition) is 1. The maximum absolute atomic E-state index is 12.4. The molecule has 25 heavy (non-hydrogen) atoms. The van der Waals surface area contributed by atoms with Gasteiger partial charge >= 0.3 is 0 Å². The summed E-state index contributed by atoms with van der Waals surface area (Å²) < 4.78 is 11.2. The Morgan fingerprint density at radius 2 is 1.68 bits per heavy atom. The number of hydrogen-bond acceptors (Lipinski definition) is 4. The van der Waals surface area contributed by atoms with Gasteiger partial charge in [0.2, 0.25) is 5.91 Å². The number of halogens is 1. The number of ether oxygens (including phenoxy) is 2.